The first kappa shape index (κ1) is 13.0. The molecule has 21 heavy (non-hydrogen) atoms. The fourth-order valence-corrected chi connectivity index (χ4v) is 3.65. The Kier molecular flexibility index (Phi) is 3.08. The molecule has 2 aromatic rings. The number of nitrogens with one attached hydrogen (secondary N) is 1. The number of pyridine rings is 1. The average Bonchev–Trinajstić information content (AvgIpc) is 2.52. The topological polar surface area (TPSA) is 60.2 Å². The first-order valence-electron chi connectivity index (χ1n) is 7.74. The van der Waals surface area contributed by atoms with Gasteiger partial charge >= 0.3 is 0 Å². The number of aryl methyl sites for hydroxylation is 1. The first-order chi connectivity index (χ1) is 10.2. The normalized spacial score (nSPS) is 31.5. The van der Waals surface area contributed by atoms with Crippen molar-refractivity contribution >= 4 is 16.7 Å². The number of aromatic nitrogens is 1. The molecular formula is C17H21N3O. The molecule has 1 aliphatic heterocycles. The Morgan fingerprint density at radius 1 is 1.33 bits per heavy atom. The number of para-hydroxylation sites is 1. The van der Waals surface area contributed by atoms with Crippen molar-refractivity contribution < 1.29 is 4.74 Å². The van der Waals surface area contributed by atoms with Crippen molar-refractivity contribution in [1.29, 1.82) is 0 Å². The Hall–Kier alpha value is -1.65. The summed E-state index contributed by atoms with van der Waals surface area (Å²) < 4.78 is 5.89. The van der Waals surface area contributed by atoms with E-state index in [4.69, 9.17) is 15.5 Å². The Morgan fingerprint density at radius 3 is 3.10 bits per heavy atom. The van der Waals surface area contributed by atoms with Crippen LogP contribution in [0.3, 0.4) is 0 Å². The van der Waals surface area contributed by atoms with E-state index in [1.807, 2.05) is 18.2 Å². The van der Waals surface area contributed by atoms with Gasteiger partial charge in [-0.05, 0) is 37.5 Å². The summed E-state index contributed by atoms with van der Waals surface area (Å²) in [5, 5.41) is 4.70. The smallest absolute Gasteiger partial charge is 0.129 e. The number of nitrogens with two attached hydrogens (primary N) is 1. The molecule has 1 saturated heterocycles. The molecule has 1 saturated carbocycles. The van der Waals surface area contributed by atoms with Crippen molar-refractivity contribution in [1.82, 2.24) is 4.98 Å². The van der Waals surface area contributed by atoms with E-state index in [0.717, 1.165) is 29.9 Å². The average molecular weight is 283 g/mol. The van der Waals surface area contributed by atoms with Gasteiger partial charge in [-0.15, -0.1) is 0 Å². The molecule has 0 amide bonds. The molecular weight excluding hydrogens is 262 g/mol. The van der Waals surface area contributed by atoms with Crippen molar-refractivity contribution in [3.8, 4) is 0 Å². The molecule has 110 valence electrons. The summed E-state index contributed by atoms with van der Waals surface area (Å²) >= 11 is 0. The molecule has 4 unspecified atom stereocenters. The number of hydrogen-bond donors (Lipinski definition) is 2. The van der Waals surface area contributed by atoms with E-state index in [0.29, 0.717) is 5.92 Å². The standard InChI is InChI=1S/C17H21N3O/c1-10-9-11-5-2-3-7-13(11)19-17(10)20-15-14(18)12-6-4-8-21-16(12)15/h2-3,5,7,9,12,14-16H,4,6,8,18H2,1H3,(H,19,20). The number of anilines is 1. The molecule has 1 aliphatic carbocycles. The van der Waals surface area contributed by atoms with Gasteiger partial charge < -0.3 is 15.8 Å². The molecule has 0 radical (unpaired) electrons. The number of rotatable bonds is 2. The van der Waals surface area contributed by atoms with Gasteiger partial charge in [-0.3, -0.25) is 0 Å². The van der Waals surface area contributed by atoms with Crippen LogP contribution in [0, 0.1) is 12.8 Å². The number of nitrogens with zero attached hydrogens (tertiary/aromatic N) is 1. The van der Waals surface area contributed by atoms with Crippen LogP contribution in [0.25, 0.3) is 10.9 Å². The minimum Gasteiger partial charge on any atom is -0.376 e. The van der Waals surface area contributed by atoms with Gasteiger partial charge in [0.2, 0.25) is 0 Å². The van der Waals surface area contributed by atoms with Crippen LogP contribution in [0.1, 0.15) is 18.4 Å². The zero-order valence-electron chi connectivity index (χ0n) is 12.3. The summed E-state index contributed by atoms with van der Waals surface area (Å²) in [6, 6.07) is 10.7. The van der Waals surface area contributed by atoms with E-state index in [1.54, 1.807) is 0 Å². The molecule has 4 rings (SSSR count). The second-order valence-corrected chi connectivity index (χ2v) is 6.24. The van der Waals surface area contributed by atoms with Crippen molar-refractivity contribution in [2.24, 2.45) is 11.7 Å². The van der Waals surface area contributed by atoms with Crippen LogP contribution < -0.4 is 11.1 Å². The maximum absolute atomic E-state index is 6.32. The second kappa shape index (κ2) is 4.97. The Morgan fingerprint density at radius 2 is 2.19 bits per heavy atom. The number of fused-ring (bicyclic) bond motifs is 2. The fraction of sp³-hybridized carbons (Fsp3) is 0.471. The van der Waals surface area contributed by atoms with Crippen LogP contribution in [0.15, 0.2) is 30.3 Å². The lowest BCUT2D eigenvalue weighted by atomic mass is 9.68. The van der Waals surface area contributed by atoms with Crippen molar-refractivity contribution in [2.45, 2.75) is 38.0 Å². The Balaban J connectivity index is 1.61. The third kappa shape index (κ3) is 2.10. The lowest BCUT2D eigenvalue weighted by Gasteiger charge is -2.52. The van der Waals surface area contributed by atoms with E-state index in [9.17, 15) is 0 Å². The monoisotopic (exact) mass is 283 g/mol. The first-order valence-corrected chi connectivity index (χ1v) is 7.74. The summed E-state index contributed by atoms with van der Waals surface area (Å²) in [6.45, 7) is 2.95. The van der Waals surface area contributed by atoms with Gasteiger partial charge in [0.1, 0.15) is 5.82 Å². The zero-order chi connectivity index (χ0) is 14.4. The van der Waals surface area contributed by atoms with Gasteiger partial charge in [-0.25, -0.2) is 4.98 Å². The van der Waals surface area contributed by atoms with E-state index < -0.39 is 0 Å². The van der Waals surface area contributed by atoms with Crippen molar-refractivity contribution in [3.05, 3.63) is 35.9 Å². The van der Waals surface area contributed by atoms with Gasteiger partial charge in [0, 0.05) is 24.0 Å². The van der Waals surface area contributed by atoms with Crippen LogP contribution in [-0.4, -0.2) is 29.8 Å². The van der Waals surface area contributed by atoms with Gasteiger partial charge in [-0.2, -0.15) is 0 Å². The predicted octanol–water partition coefficient (Wildman–Crippen LogP) is 2.46. The van der Waals surface area contributed by atoms with Crippen LogP contribution in [0.4, 0.5) is 5.82 Å². The quantitative estimate of drug-likeness (QED) is 0.889. The largest absolute Gasteiger partial charge is 0.376 e. The SMILES string of the molecule is Cc1cc2ccccc2nc1NC1C(N)C2CCCOC21. The predicted molar refractivity (Wildman–Crippen MR) is 84.3 cm³/mol. The third-order valence-corrected chi connectivity index (χ3v) is 4.90. The minimum absolute atomic E-state index is 0.169. The molecule has 4 nitrogen and oxygen atoms in total. The summed E-state index contributed by atoms with van der Waals surface area (Å²) in [5.41, 5.74) is 8.48. The highest BCUT2D eigenvalue weighted by Gasteiger charge is 2.50. The highest BCUT2D eigenvalue weighted by atomic mass is 16.5. The van der Waals surface area contributed by atoms with Crippen LogP contribution in [0.2, 0.25) is 0 Å². The van der Waals surface area contributed by atoms with Gasteiger partial charge in [0.15, 0.2) is 0 Å². The molecule has 4 atom stereocenters. The molecule has 2 aliphatic rings. The van der Waals surface area contributed by atoms with Crippen molar-refractivity contribution in [2.75, 3.05) is 11.9 Å². The van der Waals surface area contributed by atoms with Gasteiger partial charge in [-0.1, -0.05) is 18.2 Å². The maximum Gasteiger partial charge on any atom is 0.129 e. The highest BCUT2D eigenvalue weighted by molar-refractivity contribution is 5.81. The summed E-state index contributed by atoms with van der Waals surface area (Å²) in [5.74, 6) is 1.44. The van der Waals surface area contributed by atoms with E-state index in [-0.39, 0.29) is 18.2 Å². The molecule has 1 aromatic heterocycles. The fourth-order valence-electron chi connectivity index (χ4n) is 3.65. The Labute approximate surface area is 124 Å². The molecule has 2 fully saturated rings. The molecule has 3 N–H and O–H groups in total. The summed E-state index contributed by atoms with van der Waals surface area (Å²) in [6.07, 6.45) is 2.57. The number of benzene rings is 1. The summed E-state index contributed by atoms with van der Waals surface area (Å²) in [7, 11) is 0. The van der Waals surface area contributed by atoms with Crippen LogP contribution in [-0.2, 0) is 4.74 Å². The van der Waals surface area contributed by atoms with Gasteiger partial charge in [0.25, 0.3) is 0 Å². The van der Waals surface area contributed by atoms with Crippen LogP contribution >= 0.6 is 0 Å². The van der Waals surface area contributed by atoms with E-state index >= 15 is 0 Å². The van der Waals surface area contributed by atoms with Gasteiger partial charge in [0.05, 0.1) is 17.7 Å². The van der Waals surface area contributed by atoms with E-state index in [2.05, 4.69) is 24.4 Å². The third-order valence-electron chi connectivity index (χ3n) is 4.90. The highest BCUT2D eigenvalue weighted by Crippen LogP contribution is 2.38. The molecule has 0 bridgehead atoms. The maximum atomic E-state index is 6.32. The lowest BCUT2D eigenvalue weighted by molar-refractivity contribution is -0.104. The zero-order valence-corrected chi connectivity index (χ0v) is 12.3. The molecule has 2 heterocycles. The number of hydrogen-bond acceptors (Lipinski definition) is 4. The number of ether oxygens (including phenoxy) is 1. The summed E-state index contributed by atoms with van der Waals surface area (Å²) in [4.78, 5) is 4.75. The second-order valence-electron chi connectivity index (χ2n) is 6.24. The van der Waals surface area contributed by atoms with Crippen LogP contribution in [0.5, 0.6) is 0 Å². The van der Waals surface area contributed by atoms with Crippen molar-refractivity contribution in [3.63, 3.8) is 0 Å². The molecule has 1 aromatic carbocycles. The molecule has 0 spiro atoms. The van der Waals surface area contributed by atoms with E-state index in [1.165, 1.54) is 11.8 Å². The minimum atomic E-state index is 0.169. The molecule has 4 heteroatoms. The lowest BCUT2D eigenvalue weighted by Crippen LogP contribution is -2.69. The Bertz CT molecular complexity index is 672.